The lowest BCUT2D eigenvalue weighted by molar-refractivity contribution is -0.118. The zero-order valence-electron chi connectivity index (χ0n) is 14.0. The monoisotopic (exact) mass is 296 g/mol. The molecule has 2 aliphatic rings. The lowest BCUT2D eigenvalue weighted by Crippen LogP contribution is -2.51. The SMILES string of the molecule is CC(=O)CC1CCCCCN1CC1CN(C(C)C)CCO1. The highest BCUT2D eigenvalue weighted by atomic mass is 16.5. The number of Topliss-reactive ketones (excluding diaryl/α,β-unsaturated/α-hetero) is 1. The molecule has 4 heteroatoms. The molecule has 2 fully saturated rings. The zero-order chi connectivity index (χ0) is 15.2. The first-order chi connectivity index (χ1) is 10.1. The van der Waals surface area contributed by atoms with Crippen molar-refractivity contribution < 1.29 is 9.53 Å². The molecule has 0 aliphatic carbocycles. The third-order valence-electron chi connectivity index (χ3n) is 4.86. The van der Waals surface area contributed by atoms with Gasteiger partial charge in [-0.3, -0.25) is 14.6 Å². The fraction of sp³-hybridized carbons (Fsp3) is 0.941. The van der Waals surface area contributed by atoms with Gasteiger partial charge in [0.05, 0.1) is 12.7 Å². The van der Waals surface area contributed by atoms with E-state index in [0.717, 1.165) is 32.8 Å². The number of hydrogen-bond donors (Lipinski definition) is 0. The van der Waals surface area contributed by atoms with Crippen LogP contribution >= 0.6 is 0 Å². The summed E-state index contributed by atoms with van der Waals surface area (Å²) in [5, 5.41) is 0. The average Bonchev–Trinajstić information content (AvgIpc) is 2.64. The van der Waals surface area contributed by atoms with Gasteiger partial charge in [0.15, 0.2) is 0 Å². The highest BCUT2D eigenvalue weighted by Crippen LogP contribution is 2.21. The molecule has 4 nitrogen and oxygen atoms in total. The summed E-state index contributed by atoms with van der Waals surface area (Å²) in [4.78, 5) is 16.6. The van der Waals surface area contributed by atoms with E-state index >= 15 is 0 Å². The first-order valence-electron chi connectivity index (χ1n) is 8.65. The molecular weight excluding hydrogens is 264 g/mol. The summed E-state index contributed by atoms with van der Waals surface area (Å²) in [6.07, 6.45) is 6.00. The van der Waals surface area contributed by atoms with Crippen LogP contribution in [-0.2, 0) is 9.53 Å². The van der Waals surface area contributed by atoms with Gasteiger partial charge in [0.2, 0.25) is 0 Å². The van der Waals surface area contributed by atoms with Crippen molar-refractivity contribution in [1.82, 2.24) is 9.80 Å². The van der Waals surface area contributed by atoms with Gasteiger partial charge in [0.25, 0.3) is 0 Å². The molecule has 0 aromatic heterocycles. The van der Waals surface area contributed by atoms with Crippen molar-refractivity contribution in [2.75, 3.05) is 32.8 Å². The normalized spacial score (nSPS) is 29.5. The van der Waals surface area contributed by atoms with E-state index in [9.17, 15) is 4.79 Å². The summed E-state index contributed by atoms with van der Waals surface area (Å²) < 4.78 is 5.99. The number of nitrogens with zero attached hydrogens (tertiary/aromatic N) is 2. The second kappa shape index (κ2) is 8.25. The highest BCUT2D eigenvalue weighted by Gasteiger charge is 2.28. The molecule has 0 spiro atoms. The Hall–Kier alpha value is -0.450. The Morgan fingerprint density at radius 3 is 2.76 bits per heavy atom. The van der Waals surface area contributed by atoms with Crippen LogP contribution in [0.3, 0.4) is 0 Å². The quantitative estimate of drug-likeness (QED) is 0.779. The predicted molar refractivity (Wildman–Crippen MR) is 85.6 cm³/mol. The standard InChI is InChI=1S/C17H32N2O2/c1-14(2)18-9-10-21-17(12-18)13-19-8-6-4-5-7-16(19)11-15(3)20/h14,16-17H,4-13H2,1-3H3. The van der Waals surface area contributed by atoms with Crippen LogP contribution in [0.5, 0.6) is 0 Å². The number of rotatable bonds is 5. The number of carbonyl (C=O) groups excluding carboxylic acids is 1. The molecule has 0 saturated carbocycles. The summed E-state index contributed by atoms with van der Waals surface area (Å²) in [5.74, 6) is 0.320. The maximum atomic E-state index is 11.5. The summed E-state index contributed by atoms with van der Waals surface area (Å²) in [6, 6.07) is 1.02. The number of likely N-dealkylation sites (tertiary alicyclic amines) is 1. The van der Waals surface area contributed by atoms with Crippen molar-refractivity contribution in [3.63, 3.8) is 0 Å². The van der Waals surface area contributed by atoms with Crippen LogP contribution in [0.2, 0.25) is 0 Å². The van der Waals surface area contributed by atoms with E-state index in [1.165, 1.54) is 25.7 Å². The number of ketones is 1. The Morgan fingerprint density at radius 2 is 2.05 bits per heavy atom. The number of morpholine rings is 1. The van der Waals surface area contributed by atoms with Gasteiger partial charge in [-0.2, -0.15) is 0 Å². The van der Waals surface area contributed by atoms with Gasteiger partial charge >= 0.3 is 0 Å². The fourth-order valence-corrected chi connectivity index (χ4v) is 3.62. The lowest BCUT2D eigenvalue weighted by Gasteiger charge is -2.39. The minimum atomic E-state index is 0.300. The Kier molecular flexibility index (Phi) is 6.65. The number of ether oxygens (including phenoxy) is 1. The second-order valence-electron chi connectivity index (χ2n) is 6.99. The summed E-state index contributed by atoms with van der Waals surface area (Å²) in [6.45, 7) is 11.3. The van der Waals surface area contributed by atoms with Crippen molar-refractivity contribution >= 4 is 5.78 Å². The van der Waals surface area contributed by atoms with Crippen molar-refractivity contribution in [3.05, 3.63) is 0 Å². The van der Waals surface area contributed by atoms with Crippen molar-refractivity contribution in [3.8, 4) is 0 Å². The molecule has 2 atom stereocenters. The Morgan fingerprint density at radius 1 is 1.24 bits per heavy atom. The molecule has 0 aromatic carbocycles. The van der Waals surface area contributed by atoms with Crippen LogP contribution in [-0.4, -0.2) is 66.6 Å². The van der Waals surface area contributed by atoms with Crippen LogP contribution in [0, 0.1) is 0 Å². The number of carbonyl (C=O) groups is 1. The molecule has 0 amide bonds. The van der Waals surface area contributed by atoms with Crippen LogP contribution in [0.25, 0.3) is 0 Å². The molecule has 2 aliphatic heterocycles. The van der Waals surface area contributed by atoms with Gasteiger partial charge in [0.1, 0.15) is 5.78 Å². The zero-order valence-corrected chi connectivity index (χ0v) is 14.0. The molecule has 0 radical (unpaired) electrons. The van der Waals surface area contributed by atoms with E-state index in [1.54, 1.807) is 6.92 Å². The third-order valence-corrected chi connectivity index (χ3v) is 4.86. The Bertz CT molecular complexity index is 333. The first-order valence-corrected chi connectivity index (χ1v) is 8.65. The molecule has 2 heterocycles. The van der Waals surface area contributed by atoms with Gasteiger partial charge in [0, 0.05) is 38.1 Å². The van der Waals surface area contributed by atoms with Crippen LogP contribution in [0.15, 0.2) is 0 Å². The average molecular weight is 296 g/mol. The van der Waals surface area contributed by atoms with E-state index in [1.807, 2.05) is 0 Å². The maximum Gasteiger partial charge on any atom is 0.131 e. The van der Waals surface area contributed by atoms with Gasteiger partial charge in [-0.1, -0.05) is 12.8 Å². The van der Waals surface area contributed by atoms with Crippen LogP contribution in [0.1, 0.15) is 52.9 Å². The molecule has 2 unspecified atom stereocenters. The summed E-state index contributed by atoms with van der Waals surface area (Å²) >= 11 is 0. The summed E-state index contributed by atoms with van der Waals surface area (Å²) in [7, 11) is 0. The van der Waals surface area contributed by atoms with Gasteiger partial charge in [-0.25, -0.2) is 0 Å². The van der Waals surface area contributed by atoms with Gasteiger partial charge in [-0.15, -0.1) is 0 Å². The van der Waals surface area contributed by atoms with Crippen molar-refractivity contribution in [2.24, 2.45) is 0 Å². The minimum Gasteiger partial charge on any atom is -0.374 e. The van der Waals surface area contributed by atoms with E-state index in [-0.39, 0.29) is 0 Å². The van der Waals surface area contributed by atoms with Gasteiger partial charge < -0.3 is 4.74 Å². The molecule has 2 rings (SSSR count). The summed E-state index contributed by atoms with van der Waals surface area (Å²) in [5.41, 5.74) is 0. The lowest BCUT2D eigenvalue weighted by atomic mass is 10.0. The van der Waals surface area contributed by atoms with E-state index in [2.05, 4.69) is 23.6 Å². The fourth-order valence-electron chi connectivity index (χ4n) is 3.62. The molecule has 0 N–H and O–H groups in total. The van der Waals surface area contributed by atoms with E-state index in [4.69, 9.17) is 4.74 Å². The molecule has 122 valence electrons. The molecule has 0 aromatic rings. The topological polar surface area (TPSA) is 32.8 Å². The highest BCUT2D eigenvalue weighted by molar-refractivity contribution is 5.76. The van der Waals surface area contributed by atoms with Crippen LogP contribution < -0.4 is 0 Å². The first kappa shape index (κ1) is 16.9. The number of hydrogen-bond acceptors (Lipinski definition) is 4. The van der Waals surface area contributed by atoms with Gasteiger partial charge in [-0.05, 0) is 40.2 Å². The molecule has 0 bridgehead atoms. The van der Waals surface area contributed by atoms with E-state index in [0.29, 0.717) is 30.4 Å². The third kappa shape index (κ3) is 5.35. The predicted octanol–water partition coefficient (Wildman–Crippen LogP) is 2.32. The minimum absolute atomic E-state index is 0.300. The van der Waals surface area contributed by atoms with Crippen LogP contribution in [0.4, 0.5) is 0 Å². The van der Waals surface area contributed by atoms with E-state index < -0.39 is 0 Å². The molecule has 21 heavy (non-hydrogen) atoms. The Balaban J connectivity index is 1.92. The largest absolute Gasteiger partial charge is 0.374 e. The second-order valence-corrected chi connectivity index (χ2v) is 6.99. The Labute approximate surface area is 129 Å². The molecular formula is C17H32N2O2. The smallest absolute Gasteiger partial charge is 0.131 e. The van der Waals surface area contributed by atoms with Crippen molar-refractivity contribution in [1.29, 1.82) is 0 Å². The van der Waals surface area contributed by atoms with Crippen molar-refractivity contribution in [2.45, 2.75) is 71.1 Å². The maximum absolute atomic E-state index is 11.5. The molecule has 2 saturated heterocycles.